The van der Waals surface area contributed by atoms with Crippen LogP contribution in [0.25, 0.3) is 10.9 Å². The molecule has 0 saturated carbocycles. The van der Waals surface area contributed by atoms with E-state index in [0.717, 1.165) is 15.8 Å². The normalized spacial score (nSPS) is 16.1. The number of fused-ring (bicyclic) bond motifs is 2. The molecule has 0 aliphatic carbocycles. The van der Waals surface area contributed by atoms with Crippen LogP contribution in [-0.2, 0) is 9.59 Å². The van der Waals surface area contributed by atoms with E-state index in [0.29, 0.717) is 16.5 Å². The molecule has 1 aliphatic rings. The van der Waals surface area contributed by atoms with Crippen LogP contribution in [0.15, 0.2) is 48.5 Å². The van der Waals surface area contributed by atoms with Crippen LogP contribution in [0.4, 0.5) is 5.69 Å². The Bertz CT molecular complexity index is 1130. The summed E-state index contributed by atoms with van der Waals surface area (Å²) in [6.07, 6.45) is 0. The van der Waals surface area contributed by atoms with E-state index in [1.54, 1.807) is 48.5 Å². The fourth-order valence-electron chi connectivity index (χ4n) is 3.22. The van der Waals surface area contributed by atoms with Crippen molar-refractivity contribution < 1.29 is 24.2 Å². The zero-order valence-electron chi connectivity index (χ0n) is 15.0. The SMILES string of the molecule is O=C(O)CN1C(=O)[C@@H](NC(=O)c2cc3cc(Cl)ccc3[nH]2)COc2ccccc21. The first kappa shape index (κ1) is 18.8. The first-order chi connectivity index (χ1) is 13.9. The minimum atomic E-state index is -1.17. The van der Waals surface area contributed by atoms with Gasteiger partial charge < -0.3 is 20.1 Å². The smallest absolute Gasteiger partial charge is 0.323 e. The van der Waals surface area contributed by atoms with E-state index >= 15 is 0 Å². The number of para-hydroxylation sites is 2. The summed E-state index contributed by atoms with van der Waals surface area (Å²) in [5, 5.41) is 13.1. The van der Waals surface area contributed by atoms with Crippen molar-refractivity contribution in [1.82, 2.24) is 10.3 Å². The summed E-state index contributed by atoms with van der Waals surface area (Å²) >= 11 is 5.97. The highest BCUT2D eigenvalue weighted by Gasteiger charge is 2.34. The Kier molecular flexibility index (Phi) is 4.85. The second-order valence-electron chi connectivity index (χ2n) is 6.54. The number of H-pyrrole nitrogens is 1. The Morgan fingerprint density at radius 3 is 2.83 bits per heavy atom. The molecule has 1 aliphatic heterocycles. The molecule has 1 atom stereocenters. The molecule has 0 radical (unpaired) electrons. The highest BCUT2D eigenvalue weighted by atomic mass is 35.5. The predicted octanol–water partition coefficient (Wildman–Crippen LogP) is 2.43. The van der Waals surface area contributed by atoms with Crippen molar-refractivity contribution in [1.29, 1.82) is 0 Å². The van der Waals surface area contributed by atoms with Crippen molar-refractivity contribution in [2.45, 2.75) is 6.04 Å². The third kappa shape index (κ3) is 3.74. The molecule has 2 amide bonds. The van der Waals surface area contributed by atoms with Gasteiger partial charge in [-0.1, -0.05) is 23.7 Å². The highest BCUT2D eigenvalue weighted by molar-refractivity contribution is 6.31. The number of halogens is 1. The number of anilines is 1. The number of nitrogens with zero attached hydrogens (tertiary/aromatic N) is 1. The number of ether oxygens (including phenoxy) is 1. The topological polar surface area (TPSA) is 112 Å². The first-order valence-corrected chi connectivity index (χ1v) is 9.14. The summed E-state index contributed by atoms with van der Waals surface area (Å²) in [6, 6.07) is 12.4. The van der Waals surface area contributed by atoms with Gasteiger partial charge >= 0.3 is 5.97 Å². The van der Waals surface area contributed by atoms with Gasteiger partial charge in [-0.3, -0.25) is 19.3 Å². The molecule has 2 aromatic carbocycles. The molecule has 1 aromatic heterocycles. The molecular weight excluding hydrogens is 398 g/mol. The van der Waals surface area contributed by atoms with Crippen LogP contribution in [-0.4, -0.2) is 47.1 Å². The van der Waals surface area contributed by atoms with Crippen molar-refractivity contribution in [2.75, 3.05) is 18.1 Å². The van der Waals surface area contributed by atoms with Crippen molar-refractivity contribution in [3.05, 3.63) is 59.2 Å². The summed E-state index contributed by atoms with van der Waals surface area (Å²) < 4.78 is 5.66. The van der Waals surface area contributed by atoms with Gasteiger partial charge in [0, 0.05) is 15.9 Å². The van der Waals surface area contributed by atoms with Crippen LogP contribution in [0.2, 0.25) is 5.02 Å². The van der Waals surface area contributed by atoms with Crippen LogP contribution in [0.3, 0.4) is 0 Å². The molecule has 8 nitrogen and oxygen atoms in total. The van der Waals surface area contributed by atoms with Gasteiger partial charge in [0.2, 0.25) is 0 Å². The zero-order chi connectivity index (χ0) is 20.5. The fourth-order valence-corrected chi connectivity index (χ4v) is 3.40. The summed E-state index contributed by atoms with van der Waals surface area (Å²) in [6.45, 7) is -0.666. The Hall–Kier alpha value is -3.52. The van der Waals surface area contributed by atoms with E-state index in [-0.39, 0.29) is 12.3 Å². The second-order valence-corrected chi connectivity index (χ2v) is 6.97. The number of amides is 2. The number of carboxylic acids is 1. The Morgan fingerprint density at radius 1 is 1.24 bits per heavy atom. The number of carbonyl (C=O) groups is 3. The number of aromatic nitrogens is 1. The predicted molar refractivity (Wildman–Crippen MR) is 106 cm³/mol. The number of hydrogen-bond acceptors (Lipinski definition) is 4. The number of hydrogen-bond donors (Lipinski definition) is 3. The first-order valence-electron chi connectivity index (χ1n) is 8.76. The van der Waals surface area contributed by atoms with Crippen LogP contribution in [0.5, 0.6) is 5.75 Å². The van der Waals surface area contributed by atoms with Gasteiger partial charge in [-0.2, -0.15) is 0 Å². The lowest BCUT2D eigenvalue weighted by Crippen LogP contribution is -2.51. The lowest BCUT2D eigenvalue weighted by molar-refractivity contribution is -0.136. The summed E-state index contributed by atoms with van der Waals surface area (Å²) in [4.78, 5) is 41.0. The van der Waals surface area contributed by atoms with Gasteiger partial charge in [-0.05, 0) is 36.4 Å². The highest BCUT2D eigenvalue weighted by Crippen LogP contribution is 2.31. The summed E-state index contributed by atoms with van der Waals surface area (Å²) in [5.74, 6) is -1.88. The van der Waals surface area contributed by atoms with Gasteiger partial charge in [0.25, 0.3) is 11.8 Å². The second kappa shape index (κ2) is 7.48. The summed E-state index contributed by atoms with van der Waals surface area (Å²) in [7, 11) is 0. The van der Waals surface area contributed by atoms with Gasteiger partial charge in [0.1, 0.15) is 30.6 Å². The Balaban J connectivity index is 1.60. The van der Waals surface area contributed by atoms with Crippen LogP contribution in [0, 0.1) is 0 Å². The van der Waals surface area contributed by atoms with E-state index in [2.05, 4.69) is 10.3 Å². The number of aliphatic carboxylic acids is 1. The van der Waals surface area contributed by atoms with Crippen LogP contribution >= 0.6 is 11.6 Å². The summed E-state index contributed by atoms with van der Waals surface area (Å²) in [5.41, 5.74) is 1.32. The number of nitrogens with one attached hydrogen (secondary N) is 2. The quantitative estimate of drug-likeness (QED) is 0.608. The third-order valence-corrected chi connectivity index (χ3v) is 4.79. The minimum absolute atomic E-state index is 0.121. The molecule has 0 fully saturated rings. The standard InChI is InChI=1S/C20H16ClN3O5/c21-12-5-6-13-11(7-12)8-14(22-13)19(27)23-15-10-29-17-4-2-1-3-16(17)24(20(15)28)9-18(25)26/h1-8,15,22H,9-10H2,(H,23,27)(H,25,26)/t15-/m0/s1. The molecule has 3 aromatic rings. The Labute approximate surface area is 170 Å². The zero-order valence-corrected chi connectivity index (χ0v) is 15.8. The van der Waals surface area contributed by atoms with Crippen LogP contribution in [0.1, 0.15) is 10.5 Å². The maximum atomic E-state index is 13.0. The van der Waals surface area contributed by atoms with Crippen molar-refractivity contribution in [3.8, 4) is 5.75 Å². The van der Waals surface area contributed by atoms with E-state index in [1.807, 2.05) is 0 Å². The number of benzene rings is 2. The monoisotopic (exact) mass is 413 g/mol. The molecule has 0 unspecified atom stereocenters. The molecule has 0 spiro atoms. The van der Waals surface area contributed by atoms with E-state index in [9.17, 15) is 19.5 Å². The molecule has 4 rings (SSSR count). The molecule has 0 bridgehead atoms. The number of carboxylic acid groups (broad SMARTS) is 1. The van der Waals surface area contributed by atoms with Crippen LogP contribution < -0.4 is 15.0 Å². The maximum Gasteiger partial charge on any atom is 0.323 e. The average molecular weight is 414 g/mol. The van der Waals surface area contributed by atoms with Crippen molar-refractivity contribution >= 4 is 46.0 Å². The largest absolute Gasteiger partial charge is 0.489 e. The number of rotatable bonds is 4. The number of aromatic amines is 1. The van der Waals surface area contributed by atoms with E-state index in [4.69, 9.17) is 16.3 Å². The van der Waals surface area contributed by atoms with Gasteiger partial charge in [-0.15, -0.1) is 0 Å². The van der Waals surface area contributed by atoms with E-state index < -0.39 is 30.4 Å². The fraction of sp³-hybridized carbons (Fsp3) is 0.150. The van der Waals surface area contributed by atoms with Gasteiger partial charge in [-0.25, -0.2) is 0 Å². The molecule has 2 heterocycles. The molecule has 3 N–H and O–H groups in total. The van der Waals surface area contributed by atoms with Gasteiger partial charge in [0.15, 0.2) is 0 Å². The van der Waals surface area contributed by atoms with E-state index in [1.165, 1.54) is 0 Å². The molecule has 9 heteroatoms. The van der Waals surface area contributed by atoms with Gasteiger partial charge in [0.05, 0.1) is 5.69 Å². The third-order valence-electron chi connectivity index (χ3n) is 4.55. The van der Waals surface area contributed by atoms with Crippen molar-refractivity contribution in [3.63, 3.8) is 0 Å². The van der Waals surface area contributed by atoms with Crippen molar-refractivity contribution in [2.24, 2.45) is 0 Å². The lowest BCUT2D eigenvalue weighted by atomic mass is 10.2. The lowest BCUT2D eigenvalue weighted by Gasteiger charge is -2.22. The number of carbonyl (C=O) groups excluding carboxylic acids is 2. The molecular formula is C20H16ClN3O5. The molecule has 148 valence electrons. The average Bonchev–Trinajstić information content (AvgIpc) is 3.07. The maximum absolute atomic E-state index is 13.0. The minimum Gasteiger partial charge on any atom is -0.489 e. The molecule has 29 heavy (non-hydrogen) atoms. The Morgan fingerprint density at radius 2 is 2.03 bits per heavy atom. The molecule has 0 saturated heterocycles.